The molecule has 1 aromatic carbocycles. The second kappa shape index (κ2) is 4.06. The van der Waals surface area contributed by atoms with Crippen molar-refractivity contribution in [1.29, 1.82) is 0 Å². The smallest absolute Gasteiger partial charge is 0.200 e. The highest BCUT2D eigenvalue weighted by atomic mass is 79.9. The van der Waals surface area contributed by atoms with E-state index >= 15 is 0 Å². The average Bonchev–Trinajstić information content (AvgIpc) is 2.50. The zero-order chi connectivity index (χ0) is 10.8. The molecule has 0 amide bonds. The van der Waals surface area contributed by atoms with Crippen LogP contribution in [0, 0.1) is 0 Å². The van der Waals surface area contributed by atoms with Crippen LogP contribution in [0.25, 0.3) is 0 Å². The van der Waals surface area contributed by atoms with Gasteiger partial charge in [0.2, 0.25) is 0 Å². The molecule has 0 aliphatic carbocycles. The zero-order valence-corrected chi connectivity index (χ0v) is 10.0. The number of nitrogen functional groups attached to an aromatic ring is 1. The van der Waals surface area contributed by atoms with Crippen LogP contribution < -0.4 is 5.73 Å². The maximum Gasteiger partial charge on any atom is 0.200 e. The summed E-state index contributed by atoms with van der Waals surface area (Å²) in [7, 11) is 1.90. The Kier molecular flexibility index (Phi) is 2.77. The minimum absolute atomic E-state index is 0.558. The number of hydrogen-bond donors (Lipinski definition) is 1. The Labute approximate surface area is 97.1 Å². The van der Waals surface area contributed by atoms with Crippen LogP contribution in [0.4, 0.5) is 5.95 Å². The van der Waals surface area contributed by atoms with E-state index in [1.807, 2.05) is 29.9 Å². The van der Waals surface area contributed by atoms with E-state index in [4.69, 9.17) is 5.73 Å². The summed E-state index contributed by atoms with van der Waals surface area (Å²) in [6.45, 7) is 0. The highest BCUT2D eigenvalue weighted by Crippen LogP contribution is 2.14. The topological polar surface area (TPSA) is 43.8 Å². The largest absolute Gasteiger partial charge is 0.369 e. The average molecular weight is 266 g/mol. The zero-order valence-electron chi connectivity index (χ0n) is 8.44. The molecule has 0 unspecified atom stereocenters. The van der Waals surface area contributed by atoms with E-state index in [1.165, 1.54) is 5.56 Å². The first-order valence-corrected chi connectivity index (χ1v) is 5.46. The van der Waals surface area contributed by atoms with Gasteiger partial charge in [0.15, 0.2) is 5.95 Å². The fraction of sp³-hybridized carbons (Fsp3) is 0.182. The van der Waals surface area contributed by atoms with Crippen molar-refractivity contribution in [3.8, 4) is 0 Å². The standard InChI is InChI=1S/C11H12BrN3/c1-15-7-10(14-11(15)13)6-8-2-4-9(12)5-3-8/h2-5,7H,6H2,1H3,(H2,13,14). The number of imidazole rings is 1. The summed E-state index contributed by atoms with van der Waals surface area (Å²) in [5.41, 5.74) is 7.89. The van der Waals surface area contributed by atoms with Crippen LogP contribution in [0.5, 0.6) is 0 Å². The van der Waals surface area contributed by atoms with E-state index in [0.29, 0.717) is 5.95 Å². The number of benzene rings is 1. The first-order chi connectivity index (χ1) is 7.15. The summed E-state index contributed by atoms with van der Waals surface area (Å²) in [6, 6.07) is 8.22. The van der Waals surface area contributed by atoms with Crippen molar-refractivity contribution < 1.29 is 0 Å². The number of aromatic nitrogens is 2. The van der Waals surface area contributed by atoms with Gasteiger partial charge in [0.1, 0.15) is 0 Å². The van der Waals surface area contributed by atoms with Gasteiger partial charge < -0.3 is 10.3 Å². The van der Waals surface area contributed by atoms with Crippen molar-refractivity contribution in [2.75, 3.05) is 5.73 Å². The predicted octanol–water partition coefficient (Wildman–Crippen LogP) is 2.36. The predicted molar refractivity (Wildman–Crippen MR) is 64.6 cm³/mol. The van der Waals surface area contributed by atoms with Crippen molar-refractivity contribution in [2.24, 2.45) is 7.05 Å². The summed E-state index contributed by atoms with van der Waals surface area (Å²) < 4.78 is 2.92. The molecule has 0 saturated heterocycles. The van der Waals surface area contributed by atoms with Crippen molar-refractivity contribution in [1.82, 2.24) is 9.55 Å². The van der Waals surface area contributed by atoms with Gasteiger partial charge in [-0.3, -0.25) is 0 Å². The monoisotopic (exact) mass is 265 g/mol. The summed E-state index contributed by atoms with van der Waals surface area (Å²) in [5, 5.41) is 0. The normalized spacial score (nSPS) is 10.5. The van der Waals surface area contributed by atoms with Gasteiger partial charge in [0, 0.05) is 24.1 Å². The molecule has 1 heterocycles. The third kappa shape index (κ3) is 2.39. The second-order valence-corrected chi connectivity index (χ2v) is 4.42. The lowest BCUT2D eigenvalue weighted by Gasteiger charge is -1.97. The number of anilines is 1. The number of nitrogens with zero attached hydrogens (tertiary/aromatic N) is 2. The van der Waals surface area contributed by atoms with Gasteiger partial charge in [-0.2, -0.15) is 0 Å². The van der Waals surface area contributed by atoms with Gasteiger partial charge >= 0.3 is 0 Å². The van der Waals surface area contributed by atoms with Crippen LogP contribution in [0.3, 0.4) is 0 Å². The molecule has 0 atom stereocenters. The van der Waals surface area contributed by atoms with Crippen molar-refractivity contribution in [3.63, 3.8) is 0 Å². The Bertz CT molecular complexity index is 440. The summed E-state index contributed by atoms with van der Waals surface area (Å²) in [4.78, 5) is 4.26. The molecule has 0 radical (unpaired) electrons. The maximum atomic E-state index is 5.66. The SMILES string of the molecule is Cn1cc(Cc2ccc(Br)cc2)nc1N. The molecule has 0 aliphatic rings. The summed E-state index contributed by atoms with van der Waals surface area (Å²) in [5.74, 6) is 0.558. The fourth-order valence-electron chi connectivity index (χ4n) is 1.44. The molecule has 3 nitrogen and oxygen atoms in total. The Hall–Kier alpha value is -1.29. The van der Waals surface area contributed by atoms with Gasteiger partial charge in [-0.1, -0.05) is 28.1 Å². The van der Waals surface area contributed by atoms with Crippen molar-refractivity contribution in [2.45, 2.75) is 6.42 Å². The minimum atomic E-state index is 0.558. The van der Waals surface area contributed by atoms with Gasteiger partial charge in [-0.15, -0.1) is 0 Å². The molecule has 4 heteroatoms. The quantitative estimate of drug-likeness (QED) is 0.906. The van der Waals surface area contributed by atoms with Gasteiger partial charge in [0.05, 0.1) is 5.69 Å². The van der Waals surface area contributed by atoms with E-state index in [2.05, 4.69) is 33.0 Å². The van der Waals surface area contributed by atoms with Gasteiger partial charge in [-0.25, -0.2) is 4.98 Å². The first-order valence-electron chi connectivity index (χ1n) is 4.67. The van der Waals surface area contributed by atoms with Crippen molar-refractivity contribution >= 4 is 21.9 Å². The van der Waals surface area contributed by atoms with E-state index in [-0.39, 0.29) is 0 Å². The highest BCUT2D eigenvalue weighted by Gasteiger charge is 2.02. The number of rotatable bonds is 2. The van der Waals surface area contributed by atoms with E-state index in [0.717, 1.165) is 16.6 Å². The van der Waals surface area contributed by atoms with Gasteiger partial charge in [-0.05, 0) is 17.7 Å². The molecule has 0 fully saturated rings. The van der Waals surface area contributed by atoms with E-state index < -0.39 is 0 Å². The Balaban J connectivity index is 2.18. The number of hydrogen-bond acceptors (Lipinski definition) is 2. The Morgan fingerprint density at radius 3 is 2.53 bits per heavy atom. The lowest BCUT2D eigenvalue weighted by atomic mass is 10.1. The van der Waals surface area contributed by atoms with Crippen LogP contribution in [0.1, 0.15) is 11.3 Å². The molecule has 78 valence electrons. The second-order valence-electron chi connectivity index (χ2n) is 3.50. The van der Waals surface area contributed by atoms with Crippen LogP contribution in [-0.4, -0.2) is 9.55 Å². The Morgan fingerprint density at radius 1 is 1.33 bits per heavy atom. The van der Waals surface area contributed by atoms with Gasteiger partial charge in [0.25, 0.3) is 0 Å². The molecule has 2 rings (SSSR count). The lowest BCUT2D eigenvalue weighted by molar-refractivity contribution is 0.928. The molecule has 2 N–H and O–H groups in total. The molecular weight excluding hydrogens is 254 g/mol. The minimum Gasteiger partial charge on any atom is -0.369 e. The van der Waals surface area contributed by atoms with Crippen LogP contribution in [0.15, 0.2) is 34.9 Å². The molecule has 2 aromatic rings. The summed E-state index contributed by atoms with van der Waals surface area (Å²) in [6.07, 6.45) is 2.77. The summed E-state index contributed by atoms with van der Waals surface area (Å²) >= 11 is 3.41. The van der Waals surface area contributed by atoms with Crippen LogP contribution in [0.2, 0.25) is 0 Å². The number of nitrogens with two attached hydrogens (primary N) is 1. The highest BCUT2D eigenvalue weighted by molar-refractivity contribution is 9.10. The van der Waals surface area contributed by atoms with Crippen LogP contribution in [-0.2, 0) is 13.5 Å². The van der Waals surface area contributed by atoms with E-state index in [9.17, 15) is 0 Å². The molecular formula is C11H12BrN3. The van der Waals surface area contributed by atoms with Crippen LogP contribution >= 0.6 is 15.9 Å². The number of halogens is 1. The third-order valence-corrected chi connectivity index (χ3v) is 2.79. The van der Waals surface area contributed by atoms with Crippen molar-refractivity contribution in [3.05, 3.63) is 46.2 Å². The maximum absolute atomic E-state index is 5.66. The number of aryl methyl sites for hydroxylation is 1. The molecule has 0 saturated carbocycles. The molecule has 15 heavy (non-hydrogen) atoms. The van der Waals surface area contributed by atoms with E-state index in [1.54, 1.807) is 0 Å². The molecule has 0 bridgehead atoms. The lowest BCUT2D eigenvalue weighted by Crippen LogP contribution is -1.94. The molecule has 0 aliphatic heterocycles. The molecule has 0 spiro atoms. The molecule has 1 aromatic heterocycles. The third-order valence-electron chi connectivity index (χ3n) is 2.26. The first kappa shape index (κ1) is 10.2. The fourth-order valence-corrected chi connectivity index (χ4v) is 1.71. The Morgan fingerprint density at radius 2 is 2.00 bits per heavy atom.